The summed E-state index contributed by atoms with van der Waals surface area (Å²) in [4.78, 5) is 38.2. The van der Waals surface area contributed by atoms with Crippen molar-refractivity contribution in [3.05, 3.63) is 0 Å². The summed E-state index contributed by atoms with van der Waals surface area (Å²) in [6, 6.07) is 0. The summed E-state index contributed by atoms with van der Waals surface area (Å²) in [6.07, 6.45) is 62.5. The van der Waals surface area contributed by atoms with Crippen molar-refractivity contribution < 1.29 is 28.6 Å². The molecule has 0 spiro atoms. The average Bonchev–Trinajstić information content (AvgIpc) is 3.35. The van der Waals surface area contributed by atoms with E-state index in [9.17, 15) is 14.4 Å². The molecule has 0 aromatic rings. The van der Waals surface area contributed by atoms with Gasteiger partial charge in [0.2, 0.25) is 0 Å². The van der Waals surface area contributed by atoms with E-state index < -0.39 is 6.10 Å². The molecule has 0 bridgehead atoms. The molecule has 1 unspecified atom stereocenters. The van der Waals surface area contributed by atoms with Crippen molar-refractivity contribution in [3.63, 3.8) is 0 Å². The quantitative estimate of drug-likeness (QED) is 0.0343. The van der Waals surface area contributed by atoms with Crippen LogP contribution in [0.1, 0.15) is 362 Å². The molecule has 0 aliphatic heterocycles. The highest BCUT2D eigenvalue weighted by Gasteiger charge is 2.19. The van der Waals surface area contributed by atoms with E-state index in [2.05, 4.69) is 34.6 Å². The number of hydrogen-bond donors (Lipinski definition) is 0. The number of rotatable bonds is 58. The zero-order valence-corrected chi connectivity index (χ0v) is 48.2. The minimum Gasteiger partial charge on any atom is -0.462 e. The largest absolute Gasteiger partial charge is 0.462 e. The lowest BCUT2D eigenvalue weighted by Crippen LogP contribution is -2.30. The maximum atomic E-state index is 12.9. The van der Waals surface area contributed by atoms with Crippen molar-refractivity contribution in [3.8, 4) is 0 Å². The molecule has 0 N–H and O–H groups in total. The standard InChI is InChI=1S/C64H124O6/c1-6-8-9-10-11-12-13-14-15-16-17-22-25-28-31-34-41-46-51-56-64(67)70-61(58-69-63(66)55-50-45-40-36-35-37-42-47-52-59(3)4)57-68-62(65)54-49-44-39-33-30-27-24-21-19-18-20-23-26-29-32-38-43-48-53-60(5)7-2/h59-61H,6-58H2,1-5H3/t60?,61-/m0/s1. The van der Waals surface area contributed by atoms with Gasteiger partial charge < -0.3 is 14.2 Å². The highest BCUT2D eigenvalue weighted by atomic mass is 16.6. The van der Waals surface area contributed by atoms with Crippen molar-refractivity contribution in [1.29, 1.82) is 0 Å². The van der Waals surface area contributed by atoms with E-state index in [1.54, 1.807) is 0 Å². The van der Waals surface area contributed by atoms with Crippen LogP contribution in [0.2, 0.25) is 0 Å². The second kappa shape index (κ2) is 56.7. The number of hydrogen-bond acceptors (Lipinski definition) is 6. The first kappa shape index (κ1) is 68.4. The van der Waals surface area contributed by atoms with E-state index in [1.807, 2.05) is 0 Å². The normalized spacial score (nSPS) is 12.4. The first-order valence-corrected chi connectivity index (χ1v) is 31.8. The summed E-state index contributed by atoms with van der Waals surface area (Å²) in [5.74, 6) is 0.870. The van der Waals surface area contributed by atoms with Gasteiger partial charge in [-0.1, -0.05) is 324 Å². The molecule has 6 heteroatoms. The molecule has 0 aromatic heterocycles. The molecular formula is C64H124O6. The number of esters is 3. The Balaban J connectivity index is 4.21. The molecule has 6 nitrogen and oxygen atoms in total. The van der Waals surface area contributed by atoms with Gasteiger partial charge in [-0.15, -0.1) is 0 Å². The molecule has 416 valence electrons. The van der Waals surface area contributed by atoms with Crippen LogP contribution in [0.5, 0.6) is 0 Å². The van der Waals surface area contributed by atoms with Crippen molar-refractivity contribution >= 4 is 17.9 Å². The molecule has 70 heavy (non-hydrogen) atoms. The summed E-state index contributed by atoms with van der Waals surface area (Å²) in [5, 5.41) is 0. The number of unbranched alkanes of at least 4 members (excludes halogenated alkanes) is 42. The second-order valence-corrected chi connectivity index (χ2v) is 22.8. The highest BCUT2D eigenvalue weighted by Crippen LogP contribution is 2.19. The zero-order chi connectivity index (χ0) is 51.1. The SMILES string of the molecule is CCCCCCCCCCCCCCCCCCCCCC(=O)O[C@@H](COC(=O)CCCCCCCCCCCCCCCCCCCCC(C)CC)COC(=O)CCCCCCCCCCC(C)C. The minimum atomic E-state index is -0.764. The van der Waals surface area contributed by atoms with Gasteiger partial charge in [-0.25, -0.2) is 0 Å². The second-order valence-electron chi connectivity index (χ2n) is 22.8. The molecular weight excluding hydrogens is 865 g/mol. The van der Waals surface area contributed by atoms with Gasteiger partial charge in [-0.05, 0) is 31.1 Å². The summed E-state index contributed by atoms with van der Waals surface area (Å²) in [5.41, 5.74) is 0. The van der Waals surface area contributed by atoms with Crippen LogP contribution >= 0.6 is 0 Å². The van der Waals surface area contributed by atoms with Crippen molar-refractivity contribution in [2.75, 3.05) is 13.2 Å². The van der Waals surface area contributed by atoms with E-state index in [-0.39, 0.29) is 31.1 Å². The number of carbonyl (C=O) groups is 3. The highest BCUT2D eigenvalue weighted by molar-refractivity contribution is 5.71. The Morgan fingerprint density at radius 3 is 0.814 bits per heavy atom. The Kier molecular flexibility index (Phi) is 55.4. The third kappa shape index (κ3) is 55.7. The summed E-state index contributed by atoms with van der Waals surface area (Å²) in [6.45, 7) is 11.4. The maximum Gasteiger partial charge on any atom is 0.306 e. The molecule has 0 aromatic carbocycles. The Morgan fingerprint density at radius 2 is 0.543 bits per heavy atom. The lowest BCUT2D eigenvalue weighted by atomic mass is 9.99. The molecule has 0 aliphatic carbocycles. The van der Waals surface area contributed by atoms with E-state index in [1.165, 1.54) is 250 Å². The molecule has 0 heterocycles. The van der Waals surface area contributed by atoms with E-state index in [0.29, 0.717) is 19.3 Å². The topological polar surface area (TPSA) is 78.9 Å². The van der Waals surface area contributed by atoms with Crippen molar-refractivity contribution in [1.82, 2.24) is 0 Å². The molecule has 0 amide bonds. The Labute approximate surface area is 438 Å². The van der Waals surface area contributed by atoms with Gasteiger partial charge >= 0.3 is 17.9 Å². The van der Waals surface area contributed by atoms with E-state index >= 15 is 0 Å². The number of carbonyl (C=O) groups excluding carboxylic acids is 3. The Bertz CT molecular complexity index is 1070. The van der Waals surface area contributed by atoms with Gasteiger partial charge in [0.05, 0.1) is 0 Å². The molecule has 2 atom stereocenters. The number of ether oxygens (including phenoxy) is 3. The molecule has 0 saturated carbocycles. The third-order valence-electron chi connectivity index (χ3n) is 15.1. The van der Waals surface area contributed by atoms with Crippen LogP contribution in [0.25, 0.3) is 0 Å². The van der Waals surface area contributed by atoms with Crippen LogP contribution < -0.4 is 0 Å². The average molecular weight is 990 g/mol. The molecule has 0 aliphatic rings. The molecule has 0 radical (unpaired) electrons. The van der Waals surface area contributed by atoms with Crippen molar-refractivity contribution in [2.45, 2.75) is 368 Å². The van der Waals surface area contributed by atoms with Crippen LogP contribution in [0.4, 0.5) is 0 Å². The van der Waals surface area contributed by atoms with Gasteiger partial charge in [0.25, 0.3) is 0 Å². The fraction of sp³-hybridized carbons (Fsp3) is 0.953. The van der Waals surface area contributed by atoms with Crippen LogP contribution in [-0.2, 0) is 28.6 Å². The summed E-state index contributed by atoms with van der Waals surface area (Å²) >= 11 is 0. The zero-order valence-electron chi connectivity index (χ0n) is 48.2. The summed E-state index contributed by atoms with van der Waals surface area (Å²) in [7, 11) is 0. The fourth-order valence-electron chi connectivity index (χ4n) is 9.90. The van der Waals surface area contributed by atoms with Crippen LogP contribution in [0.3, 0.4) is 0 Å². The minimum absolute atomic E-state index is 0.0625. The molecule has 0 saturated heterocycles. The van der Waals surface area contributed by atoms with Crippen LogP contribution in [-0.4, -0.2) is 37.2 Å². The lowest BCUT2D eigenvalue weighted by molar-refractivity contribution is -0.167. The monoisotopic (exact) mass is 989 g/mol. The van der Waals surface area contributed by atoms with E-state index in [0.717, 1.165) is 69.6 Å². The van der Waals surface area contributed by atoms with Gasteiger partial charge in [0.1, 0.15) is 13.2 Å². The van der Waals surface area contributed by atoms with Crippen molar-refractivity contribution in [2.24, 2.45) is 11.8 Å². The maximum absolute atomic E-state index is 12.9. The van der Waals surface area contributed by atoms with Crippen LogP contribution in [0.15, 0.2) is 0 Å². The Hall–Kier alpha value is -1.59. The Morgan fingerprint density at radius 1 is 0.300 bits per heavy atom. The first-order chi connectivity index (χ1) is 34.3. The van der Waals surface area contributed by atoms with Gasteiger partial charge in [0.15, 0.2) is 6.10 Å². The van der Waals surface area contributed by atoms with Gasteiger partial charge in [0, 0.05) is 19.3 Å². The lowest BCUT2D eigenvalue weighted by Gasteiger charge is -2.18. The van der Waals surface area contributed by atoms with Crippen LogP contribution in [0, 0.1) is 11.8 Å². The predicted molar refractivity (Wildman–Crippen MR) is 303 cm³/mol. The van der Waals surface area contributed by atoms with E-state index in [4.69, 9.17) is 14.2 Å². The molecule has 0 rings (SSSR count). The van der Waals surface area contributed by atoms with Gasteiger partial charge in [-0.3, -0.25) is 14.4 Å². The predicted octanol–water partition coefficient (Wildman–Crippen LogP) is 21.2. The van der Waals surface area contributed by atoms with Gasteiger partial charge in [-0.2, -0.15) is 0 Å². The molecule has 0 fully saturated rings. The smallest absolute Gasteiger partial charge is 0.306 e. The fourth-order valence-corrected chi connectivity index (χ4v) is 9.90. The first-order valence-electron chi connectivity index (χ1n) is 31.8. The summed E-state index contributed by atoms with van der Waals surface area (Å²) < 4.78 is 16.9. The third-order valence-corrected chi connectivity index (χ3v) is 15.1.